The smallest absolute Gasteiger partial charge is 0.335 e. The molecule has 0 aromatic heterocycles. The summed E-state index contributed by atoms with van der Waals surface area (Å²) < 4.78 is 10.7. The fraction of sp³-hybridized carbons (Fsp3) is 0.148. The van der Waals surface area contributed by atoms with Crippen LogP contribution in [0.2, 0.25) is 0 Å². The zero-order valence-electron chi connectivity index (χ0n) is 19.1. The lowest BCUT2D eigenvalue weighted by molar-refractivity contribution is -0.140. The van der Waals surface area contributed by atoms with Crippen LogP contribution < -0.4 is 9.47 Å². The number of aliphatic hydroxyl groups is 1. The minimum atomic E-state index is -1.06. The molecule has 35 heavy (non-hydrogen) atoms. The summed E-state index contributed by atoms with van der Waals surface area (Å²) in [6.45, 7) is 0.0204. The van der Waals surface area contributed by atoms with Crippen molar-refractivity contribution in [3.05, 3.63) is 101 Å². The van der Waals surface area contributed by atoms with Crippen molar-refractivity contribution in [2.24, 2.45) is 0 Å². The molecule has 0 radical (unpaired) electrons. The molecule has 3 aromatic carbocycles. The average molecular weight is 473 g/mol. The first-order valence-corrected chi connectivity index (χ1v) is 10.7. The van der Waals surface area contributed by atoms with Crippen LogP contribution in [0.25, 0.3) is 5.76 Å². The van der Waals surface area contributed by atoms with E-state index in [4.69, 9.17) is 14.6 Å². The minimum Gasteiger partial charge on any atom is -0.507 e. The van der Waals surface area contributed by atoms with Gasteiger partial charge in [0.15, 0.2) is 0 Å². The van der Waals surface area contributed by atoms with Crippen molar-refractivity contribution in [2.45, 2.75) is 12.6 Å². The summed E-state index contributed by atoms with van der Waals surface area (Å²) >= 11 is 0. The Morgan fingerprint density at radius 3 is 2.09 bits per heavy atom. The summed E-state index contributed by atoms with van der Waals surface area (Å²) in [6, 6.07) is 18.6. The Labute approximate surface area is 201 Å². The van der Waals surface area contributed by atoms with Gasteiger partial charge >= 0.3 is 5.97 Å². The van der Waals surface area contributed by atoms with Gasteiger partial charge in [-0.05, 0) is 48.0 Å². The number of Topliss-reactive ketones (excluding diaryl/α,β-unsaturated/α-hetero) is 1. The molecule has 2 N–H and O–H groups in total. The predicted octanol–water partition coefficient (Wildman–Crippen LogP) is 4.02. The van der Waals surface area contributed by atoms with Crippen LogP contribution in [0.15, 0.2) is 78.4 Å². The number of aliphatic hydroxyl groups excluding tert-OH is 1. The number of aromatic carboxylic acids is 1. The normalized spacial score (nSPS) is 16.9. The molecule has 178 valence electrons. The van der Waals surface area contributed by atoms with Crippen LogP contribution in [0, 0.1) is 0 Å². The van der Waals surface area contributed by atoms with Gasteiger partial charge in [0.25, 0.3) is 11.7 Å². The maximum Gasteiger partial charge on any atom is 0.335 e. The highest BCUT2D eigenvalue weighted by atomic mass is 16.5. The number of para-hydroxylation sites is 1. The SMILES string of the molecule is COc1ccc(/C(O)=C2\C(=O)C(=O)N(Cc3ccc(C(=O)O)cc3)C2c2ccccc2OC)cc1. The lowest BCUT2D eigenvalue weighted by Gasteiger charge is -2.26. The number of carboxylic acids is 1. The highest BCUT2D eigenvalue weighted by molar-refractivity contribution is 6.46. The summed E-state index contributed by atoms with van der Waals surface area (Å²) in [5, 5.41) is 20.3. The van der Waals surface area contributed by atoms with Crippen molar-refractivity contribution in [2.75, 3.05) is 14.2 Å². The van der Waals surface area contributed by atoms with E-state index >= 15 is 0 Å². The van der Waals surface area contributed by atoms with Gasteiger partial charge in [0.1, 0.15) is 17.3 Å². The maximum atomic E-state index is 13.2. The molecule has 1 heterocycles. The molecule has 0 bridgehead atoms. The molecule has 0 saturated carbocycles. The molecule has 1 atom stereocenters. The van der Waals surface area contributed by atoms with Crippen LogP contribution in [0.3, 0.4) is 0 Å². The van der Waals surface area contributed by atoms with Gasteiger partial charge in [0, 0.05) is 17.7 Å². The Bertz CT molecular complexity index is 1310. The molecular weight excluding hydrogens is 450 g/mol. The second kappa shape index (κ2) is 9.72. The number of carboxylic acid groups (broad SMARTS) is 1. The number of carbonyl (C=O) groups excluding carboxylic acids is 2. The van der Waals surface area contributed by atoms with Gasteiger partial charge in [0.2, 0.25) is 0 Å². The number of hydrogen-bond donors (Lipinski definition) is 2. The minimum absolute atomic E-state index is 0.0204. The first kappa shape index (κ1) is 23.6. The number of amides is 1. The number of nitrogens with zero attached hydrogens (tertiary/aromatic N) is 1. The third kappa shape index (κ3) is 4.46. The van der Waals surface area contributed by atoms with Crippen molar-refractivity contribution in [1.29, 1.82) is 0 Å². The number of ketones is 1. The number of likely N-dealkylation sites (tertiary alicyclic amines) is 1. The van der Waals surface area contributed by atoms with Gasteiger partial charge < -0.3 is 24.6 Å². The van der Waals surface area contributed by atoms with E-state index in [0.717, 1.165) is 0 Å². The second-order valence-electron chi connectivity index (χ2n) is 7.90. The fourth-order valence-electron chi connectivity index (χ4n) is 4.11. The molecule has 8 heteroatoms. The Morgan fingerprint density at radius 2 is 1.49 bits per heavy atom. The number of rotatable bonds is 7. The quantitative estimate of drug-likeness (QED) is 0.303. The first-order chi connectivity index (χ1) is 16.8. The van der Waals surface area contributed by atoms with Crippen molar-refractivity contribution in [3.8, 4) is 11.5 Å². The molecule has 1 unspecified atom stereocenters. The largest absolute Gasteiger partial charge is 0.507 e. The average Bonchev–Trinajstić information content (AvgIpc) is 3.13. The van der Waals surface area contributed by atoms with Crippen LogP contribution >= 0.6 is 0 Å². The number of carbonyl (C=O) groups is 3. The molecule has 1 aliphatic rings. The van der Waals surface area contributed by atoms with Gasteiger partial charge in [-0.1, -0.05) is 30.3 Å². The zero-order chi connectivity index (χ0) is 25.1. The lowest BCUT2D eigenvalue weighted by Crippen LogP contribution is -2.29. The summed E-state index contributed by atoms with van der Waals surface area (Å²) in [5.74, 6) is -1.95. The van der Waals surface area contributed by atoms with E-state index in [9.17, 15) is 19.5 Å². The number of hydrogen-bond acceptors (Lipinski definition) is 6. The summed E-state index contributed by atoms with van der Waals surface area (Å²) in [4.78, 5) is 38.9. The third-order valence-electron chi connectivity index (χ3n) is 5.89. The van der Waals surface area contributed by atoms with E-state index in [1.807, 2.05) is 0 Å². The third-order valence-corrected chi connectivity index (χ3v) is 5.89. The Hall–Kier alpha value is -4.59. The number of ether oxygens (including phenoxy) is 2. The van der Waals surface area contributed by atoms with Crippen LogP contribution in [0.4, 0.5) is 0 Å². The van der Waals surface area contributed by atoms with E-state index in [0.29, 0.717) is 28.2 Å². The van der Waals surface area contributed by atoms with E-state index in [1.165, 1.54) is 31.3 Å². The van der Waals surface area contributed by atoms with Crippen molar-refractivity contribution < 1.29 is 34.1 Å². The Balaban J connectivity index is 1.84. The van der Waals surface area contributed by atoms with Gasteiger partial charge in [-0.3, -0.25) is 9.59 Å². The Morgan fingerprint density at radius 1 is 0.857 bits per heavy atom. The molecule has 1 amide bonds. The first-order valence-electron chi connectivity index (χ1n) is 10.7. The predicted molar refractivity (Wildman–Crippen MR) is 127 cm³/mol. The summed E-state index contributed by atoms with van der Waals surface area (Å²) in [7, 11) is 3.00. The van der Waals surface area contributed by atoms with Gasteiger partial charge in [-0.2, -0.15) is 0 Å². The van der Waals surface area contributed by atoms with Crippen LogP contribution in [-0.2, 0) is 16.1 Å². The topological polar surface area (TPSA) is 113 Å². The van der Waals surface area contributed by atoms with E-state index < -0.39 is 23.7 Å². The van der Waals surface area contributed by atoms with Crippen LogP contribution in [0.1, 0.15) is 33.1 Å². The molecule has 0 spiro atoms. The van der Waals surface area contributed by atoms with Gasteiger partial charge in [-0.15, -0.1) is 0 Å². The summed E-state index contributed by atoms with van der Waals surface area (Å²) in [6.07, 6.45) is 0. The molecule has 4 rings (SSSR count). The van der Waals surface area contributed by atoms with Crippen LogP contribution in [-0.4, -0.2) is 47.0 Å². The van der Waals surface area contributed by atoms with E-state index in [-0.39, 0.29) is 23.4 Å². The second-order valence-corrected chi connectivity index (χ2v) is 7.90. The number of methoxy groups -OCH3 is 2. The standard InChI is InChI=1S/C27H23NO7/c1-34-19-13-11-17(12-14-19)24(29)22-23(20-5-3-4-6-21(20)35-2)28(26(31)25(22)30)15-16-7-9-18(10-8-16)27(32)33/h3-14,23,29H,15H2,1-2H3,(H,32,33)/b24-22+. The molecule has 3 aromatic rings. The molecule has 8 nitrogen and oxygen atoms in total. The fourth-order valence-corrected chi connectivity index (χ4v) is 4.11. The van der Waals surface area contributed by atoms with E-state index in [2.05, 4.69) is 0 Å². The molecule has 1 aliphatic heterocycles. The Kier molecular flexibility index (Phi) is 6.55. The highest BCUT2D eigenvalue weighted by Crippen LogP contribution is 2.43. The van der Waals surface area contributed by atoms with Gasteiger partial charge in [-0.25, -0.2) is 4.79 Å². The van der Waals surface area contributed by atoms with Gasteiger partial charge in [0.05, 0.1) is 31.4 Å². The summed E-state index contributed by atoms with van der Waals surface area (Å²) in [5.41, 5.74) is 1.56. The van der Waals surface area contributed by atoms with Crippen molar-refractivity contribution in [1.82, 2.24) is 4.90 Å². The zero-order valence-corrected chi connectivity index (χ0v) is 19.1. The molecule has 0 aliphatic carbocycles. The molecule has 1 saturated heterocycles. The van der Waals surface area contributed by atoms with Crippen molar-refractivity contribution >= 4 is 23.4 Å². The molecule has 1 fully saturated rings. The number of benzene rings is 3. The van der Waals surface area contributed by atoms with E-state index in [1.54, 1.807) is 60.7 Å². The molecular formula is C27H23NO7. The highest BCUT2D eigenvalue weighted by Gasteiger charge is 2.47. The lowest BCUT2D eigenvalue weighted by atomic mass is 9.94. The monoisotopic (exact) mass is 473 g/mol. The van der Waals surface area contributed by atoms with Crippen LogP contribution in [0.5, 0.6) is 11.5 Å². The van der Waals surface area contributed by atoms with Crippen molar-refractivity contribution in [3.63, 3.8) is 0 Å². The maximum absolute atomic E-state index is 13.2.